The van der Waals surface area contributed by atoms with Crippen LogP contribution in [0.1, 0.15) is 84.0 Å². The van der Waals surface area contributed by atoms with Crippen LogP contribution in [-0.2, 0) is 142 Å². The fourth-order valence-electron chi connectivity index (χ4n) is 9.39. The third-order valence-electron chi connectivity index (χ3n) is 15.3. The molecule has 0 aromatic carbocycles. The molecule has 0 aromatic heterocycles. The minimum atomic E-state index is 0.0165. The topological polar surface area (TPSA) is 321 Å². The van der Waals surface area contributed by atoms with Gasteiger partial charge in [0.15, 0.2) is 0 Å². The lowest BCUT2D eigenvalue weighted by atomic mass is 10.1. The highest BCUT2D eigenvalue weighted by Crippen LogP contribution is 2.12. The standard InChI is InChI=1S/C78H159NO32/c1-2-3-4-5-6-7-8-9-10-11-12-13-14-79(15-19-82-23-27-86-31-35-90-39-43-94-47-51-98-55-59-102-63-67-106-71-75-110-77-73-108-69-65-104-61-57-100-53-49-96-45-41-92-37-33-88-29-25-84-21-17-80)16-20-83-24-28-87-32-36-91-40-44-95-48-52-99-56-60-103-64-68-107-72-76-111-78-74-109-70-66-105-62-58-101-54-50-97-46-42-93-38-34-89-30-26-85-22-18-81/h80-81H,2-78H2,1H3. The van der Waals surface area contributed by atoms with E-state index in [-0.39, 0.29) is 13.2 Å². The van der Waals surface area contributed by atoms with E-state index in [4.69, 9.17) is 152 Å². The smallest absolute Gasteiger partial charge is 0.0701 e. The van der Waals surface area contributed by atoms with Gasteiger partial charge in [-0.25, -0.2) is 0 Å². The van der Waals surface area contributed by atoms with Crippen LogP contribution < -0.4 is 0 Å². The van der Waals surface area contributed by atoms with E-state index in [1.54, 1.807) is 0 Å². The molecular weight excluding hydrogens is 1460 g/mol. The summed E-state index contributed by atoms with van der Waals surface area (Å²) in [5, 5.41) is 17.3. The molecule has 0 aliphatic carbocycles. The lowest BCUT2D eigenvalue weighted by molar-refractivity contribution is -0.0304. The van der Waals surface area contributed by atoms with Crippen LogP contribution in [0.25, 0.3) is 0 Å². The van der Waals surface area contributed by atoms with Crippen molar-refractivity contribution in [2.45, 2.75) is 84.0 Å². The van der Waals surface area contributed by atoms with Crippen LogP contribution in [0.4, 0.5) is 0 Å². The second-order valence-electron chi connectivity index (χ2n) is 24.5. The van der Waals surface area contributed by atoms with E-state index in [1.165, 1.54) is 77.0 Å². The highest BCUT2D eigenvalue weighted by Gasteiger charge is 2.08. The highest BCUT2D eigenvalue weighted by atomic mass is 16.6. The molecule has 0 fully saturated rings. The van der Waals surface area contributed by atoms with Gasteiger partial charge in [0.2, 0.25) is 0 Å². The zero-order chi connectivity index (χ0) is 79.2. The molecule has 0 saturated heterocycles. The summed E-state index contributed by atoms with van der Waals surface area (Å²) in [7, 11) is 0. The summed E-state index contributed by atoms with van der Waals surface area (Å²) < 4.78 is 166. The summed E-state index contributed by atoms with van der Waals surface area (Å²) in [5.74, 6) is 0. The quantitative estimate of drug-likeness (QED) is 0.0793. The fourth-order valence-corrected chi connectivity index (χ4v) is 9.39. The van der Waals surface area contributed by atoms with Gasteiger partial charge in [-0.1, -0.05) is 77.6 Å². The van der Waals surface area contributed by atoms with Crippen molar-refractivity contribution in [3.63, 3.8) is 0 Å². The van der Waals surface area contributed by atoms with Crippen molar-refractivity contribution in [1.82, 2.24) is 4.90 Å². The monoisotopic (exact) mass is 1620 g/mol. The summed E-state index contributed by atoms with van der Waals surface area (Å²) in [6.07, 6.45) is 16.0. The molecule has 0 atom stereocenters. The first-order chi connectivity index (χ1) is 55.3. The van der Waals surface area contributed by atoms with Crippen molar-refractivity contribution >= 4 is 0 Å². The lowest BCUT2D eigenvalue weighted by Gasteiger charge is -2.22. The molecule has 33 nitrogen and oxygen atoms in total. The first kappa shape index (κ1) is 110. The molecule has 2 N–H and O–H groups in total. The Morgan fingerprint density at radius 2 is 0.234 bits per heavy atom. The highest BCUT2D eigenvalue weighted by molar-refractivity contribution is 4.59. The molecule has 0 unspecified atom stereocenters. The van der Waals surface area contributed by atoms with Crippen LogP contribution in [0.15, 0.2) is 0 Å². The first-order valence-corrected chi connectivity index (χ1v) is 41.6. The number of aliphatic hydroxyl groups is 2. The van der Waals surface area contributed by atoms with E-state index < -0.39 is 0 Å². The molecule has 0 aliphatic rings. The average Bonchev–Trinajstić information content (AvgIpc) is 1.33. The van der Waals surface area contributed by atoms with Gasteiger partial charge in [-0.3, -0.25) is 4.90 Å². The fraction of sp³-hybridized carbons (Fsp3) is 1.00. The second kappa shape index (κ2) is 107. The van der Waals surface area contributed by atoms with Crippen molar-refractivity contribution in [1.29, 1.82) is 0 Å². The van der Waals surface area contributed by atoms with Gasteiger partial charge in [-0.05, 0) is 13.0 Å². The molecule has 0 amide bonds. The van der Waals surface area contributed by atoms with Crippen LogP contribution in [0.3, 0.4) is 0 Å². The Hall–Kier alpha value is -1.32. The number of hydrogen-bond acceptors (Lipinski definition) is 33. The molecule has 0 radical (unpaired) electrons. The van der Waals surface area contributed by atoms with Crippen LogP contribution >= 0.6 is 0 Å². The molecule has 33 heteroatoms. The largest absolute Gasteiger partial charge is 0.394 e. The number of aliphatic hydroxyl groups excluding tert-OH is 2. The van der Waals surface area contributed by atoms with Crippen LogP contribution in [-0.4, -0.2) is 444 Å². The third-order valence-corrected chi connectivity index (χ3v) is 15.3. The van der Waals surface area contributed by atoms with E-state index in [9.17, 15) is 0 Å². The Kier molecular flexibility index (Phi) is 105. The van der Waals surface area contributed by atoms with Crippen LogP contribution in [0.2, 0.25) is 0 Å². The molecule has 0 saturated carbocycles. The van der Waals surface area contributed by atoms with Crippen molar-refractivity contribution < 1.29 is 152 Å². The minimum absolute atomic E-state index is 0.0165. The number of unbranched alkanes of at least 4 members (excludes halogenated alkanes) is 11. The van der Waals surface area contributed by atoms with Crippen molar-refractivity contribution in [3.05, 3.63) is 0 Å². The van der Waals surface area contributed by atoms with Crippen molar-refractivity contribution in [2.24, 2.45) is 0 Å². The zero-order valence-corrected chi connectivity index (χ0v) is 69.0. The third kappa shape index (κ3) is 105. The Morgan fingerprint density at radius 3 is 0.360 bits per heavy atom. The molecular formula is C78H159NO32. The molecule has 111 heavy (non-hydrogen) atoms. The summed E-state index contributed by atoms with van der Waals surface area (Å²) >= 11 is 0. The average molecular weight is 1620 g/mol. The molecule has 0 spiro atoms. The predicted octanol–water partition coefficient (Wildman–Crippen LogP) is 4.47. The second-order valence-corrected chi connectivity index (χ2v) is 24.5. The predicted molar refractivity (Wildman–Crippen MR) is 416 cm³/mol. The van der Waals surface area contributed by atoms with Gasteiger partial charge >= 0.3 is 0 Å². The molecule has 0 aliphatic heterocycles. The minimum Gasteiger partial charge on any atom is -0.394 e. The van der Waals surface area contributed by atoms with Crippen LogP contribution in [0, 0.1) is 0 Å². The van der Waals surface area contributed by atoms with Gasteiger partial charge in [0.1, 0.15) is 0 Å². The van der Waals surface area contributed by atoms with Crippen LogP contribution in [0.5, 0.6) is 0 Å². The van der Waals surface area contributed by atoms with Gasteiger partial charge in [0.25, 0.3) is 0 Å². The van der Waals surface area contributed by atoms with Gasteiger partial charge in [-0.2, -0.15) is 0 Å². The van der Waals surface area contributed by atoms with E-state index >= 15 is 0 Å². The summed E-state index contributed by atoms with van der Waals surface area (Å²) in [6, 6.07) is 0. The molecule has 0 rings (SSSR count). The maximum Gasteiger partial charge on any atom is 0.0701 e. The van der Waals surface area contributed by atoms with Crippen molar-refractivity contribution in [3.8, 4) is 0 Å². The molecule has 0 bridgehead atoms. The maximum atomic E-state index is 8.64. The number of nitrogens with zero attached hydrogens (tertiary/aromatic N) is 1. The Bertz CT molecular complexity index is 1500. The van der Waals surface area contributed by atoms with Gasteiger partial charge in [0, 0.05) is 13.1 Å². The van der Waals surface area contributed by atoms with Crippen molar-refractivity contribution in [2.75, 3.05) is 429 Å². The van der Waals surface area contributed by atoms with E-state index in [2.05, 4.69) is 11.8 Å². The Labute approximate surface area is 668 Å². The van der Waals surface area contributed by atoms with Gasteiger partial charge < -0.3 is 152 Å². The van der Waals surface area contributed by atoms with E-state index in [0.29, 0.717) is 396 Å². The SMILES string of the molecule is CCCCCCCCCCCCCCN(CCOCCOCCOCCOCCOCCOCCOCCOCCOCCOCCOCCOCCOCCOCCOCCO)CCOCCOCCOCCOCCOCCOCCOCCOCCOCCOCCOCCOCCOCCOCCOCCO. The van der Waals surface area contributed by atoms with Gasteiger partial charge in [-0.15, -0.1) is 0 Å². The lowest BCUT2D eigenvalue weighted by Crippen LogP contribution is -2.32. The first-order valence-electron chi connectivity index (χ1n) is 41.6. The molecule has 0 heterocycles. The molecule has 0 aromatic rings. The Balaban J connectivity index is 3.65. The van der Waals surface area contributed by atoms with E-state index in [1.807, 2.05) is 0 Å². The summed E-state index contributed by atoms with van der Waals surface area (Å²) in [5.41, 5.74) is 0. The maximum absolute atomic E-state index is 8.64. The Morgan fingerprint density at radius 1 is 0.126 bits per heavy atom. The van der Waals surface area contributed by atoms with E-state index in [0.717, 1.165) is 19.6 Å². The summed E-state index contributed by atoms with van der Waals surface area (Å²) in [6.45, 7) is 34.4. The summed E-state index contributed by atoms with van der Waals surface area (Å²) in [4.78, 5) is 2.45. The number of ether oxygens (including phenoxy) is 30. The normalized spacial score (nSPS) is 11.9. The molecule has 668 valence electrons. The van der Waals surface area contributed by atoms with Gasteiger partial charge in [0.05, 0.1) is 410 Å². The zero-order valence-electron chi connectivity index (χ0n) is 69.0. The number of rotatable bonds is 107. The number of hydrogen-bond donors (Lipinski definition) is 2.